The van der Waals surface area contributed by atoms with Gasteiger partial charge in [0.05, 0.1) is 0 Å². The summed E-state index contributed by atoms with van der Waals surface area (Å²) >= 11 is 0. The number of piperidine rings is 1. The summed E-state index contributed by atoms with van der Waals surface area (Å²) in [6.07, 6.45) is 1.33. The molecular formula is C17H29N3. The van der Waals surface area contributed by atoms with E-state index in [0.29, 0.717) is 6.04 Å². The third kappa shape index (κ3) is 3.32. The van der Waals surface area contributed by atoms with Crippen molar-refractivity contribution in [3.63, 3.8) is 0 Å². The fourth-order valence-electron chi connectivity index (χ4n) is 3.20. The van der Waals surface area contributed by atoms with E-state index in [1.165, 1.54) is 12.0 Å². The Balaban J connectivity index is 2.17. The molecule has 1 fully saturated rings. The third-order valence-corrected chi connectivity index (χ3v) is 4.64. The molecule has 0 saturated carbocycles. The van der Waals surface area contributed by atoms with Crippen molar-refractivity contribution >= 4 is 5.82 Å². The summed E-state index contributed by atoms with van der Waals surface area (Å²) in [5.74, 6) is 2.64. The van der Waals surface area contributed by atoms with E-state index < -0.39 is 0 Å². The maximum atomic E-state index is 4.85. The van der Waals surface area contributed by atoms with Crippen LogP contribution in [-0.2, 0) is 6.54 Å². The first-order valence-corrected chi connectivity index (χ1v) is 7.96. The average molecular weight is 275 g/mol. The molecule has 0 aromatic carbocycles. The maximum absolute atomic E-state index is 4.85. The van der Waals surface area contributed by atoms with Crippen LogP contribution in [0.5, 0.6) is 0 Å². The second-order valence-electron chi connectivity index (χ2n) is 6.41. The van der Waals surface area contributed by atoms with Crippen LogP contribution in [0.1, 0.15) is 45.4 Å². The van der Waals surface area contributed by atoms with Crippen LogP contribution in [0.2, 0.25) is 0 Å². The molecule has 2 rings (SSSR count). The quantitative estimate of drug-likeness (QED) is 0.913. The van der Waals surface area contributed by atoms with Crippen LogP contribution in [0.4, 0.5) is 5.82 Å². The zero-order chi connectivity index (χ0) is 14.7. The lowest BCUT2D eigenvalue weighted by Crippen LogP contribution is -2.46. The second kappa shape index (κ2) is 6.57. The van der Waals surface area contributed by atoms with Crippen molar-refractivity contribution in [3.8, 4) is 0 Å². The largest absolute Gasteiger partial charge is 0.353 e. The van der Waals surface area contributed by atoms with Gasteiger partial charge in [-0.1, -0.05) is 26.8 Å². The van der Waals surface area contributed by atoms with Gasteiger partial charge in [0.1, 0.15) is 5.82 Å². The van der Waals surface area contributed by atoms with E-state index in [2.05, 4.69) is 57.0 Å². The second-order valence-corrected chi connectivity index (χ2v) is 6.41. The molecule has 2 heterocycles. The third-order valence-electron chi connectivity index (χ3n) is 4.64. The first-order chi connectivity index (χ1) is 9.52. The standard InChI is InChI=1S/C17H29N3/c1-6-18-10-16-7-8-17(19-14(16)4)20-11-12(2)9-13(3)15(20)5/h7-8,12-13,15,18H,6,9-11H2,1-5H3. The molecule has 1 aromatic rings. The van der Waals surface area contributed by atoms with Gasteiger partial charge in [-0.05, 0) is 50.3 Å². The minimum atomic E-state index is 0.581. The van der Waals surface area contributed by atoms with Crippen LogP contribution in [0, 0.1) is 18.8 Å². The first-order valence-electron chi connectivity index (χ1n) is 7.96. The topological polar surface area (TPSA) is 28.2 Å². The van der Waals surface area contributed by atoms with E-state index in [1.807, 2.05) is 0 Å². The number of nitrogens with zero attached hydrogens (tertiary/aromatic N) is 2. The Morgan fingerprint density at radius 2 is 2.05 bits per heavy atom. The summed E-state index contributed by atoms with van der Waals surface area (Å²) < 4.78 is 0. The summed E-state index contributed by atoms with van der Waals surface area (Å²) in [7, 11) is 0. The van der Waals surface area contributed by atoms with Crippen LogP contribution in [-0.4, -0.2) is 24.1 Å². The fraction of sp³-hybridized carbons (Fsp3) is 0.706. The van der Waals surface area contributed by atoms with E-state index in [-0.39, 0.29) is 0 Å². The van der Waals surface area contributed by atoms with Crippen molar-refractivity contribution in [1.82, 2.24) is 10.3 Å². The van der Waals surface area contributed by atoms with E-state index in [0.717, 1.165) is 43.0 Å². The molecule has 3 atom stereocenters. The van der Waals surface area contributed by atoms with E-state index >= 15 is 0 Å². The Kier molecular flexibility index (Phi) is 5.03. The van der Waals surface area contributed by atoms with Gasteiger partial charge in [-0.15, -0.1) is 0 Å². The summed E-state index contributed by atoms with van der Waals surface area (Å²) in [6, 6.07) is 5.01. The molecule has 3 nitrogen and oxygen atoms in total. The summed E-state index contributed by atoms with van der Waals surface area (Å²) in [5.41, 5.74) is 2.46. The zero-order valence-electron chi connectivity index (χ0n) is 13.6. The number of nitrogens with one attached hydrogen (secondary N) is 1. The zero-order valence-corrected chi connectivity index (χ0v) is 13.6. The Bertz CT molecular complexity index is 444. The Morgan fingerprint density at radius 3 is 2.70 bits per heavy atom. The molecule has 0 amide bonds. The molecule has 0 spiro atoms. The Hall–Kier alpha value is -1.09. The summed E-state index contributed by atoms with van der Waals surface area (Å²) in [6.45, 7) is 14.3. The number of anilines is 1. The van der Waals surface area contributed by atoms with Gasteiger partial charge in [-0.25, -0.2) is 4.98 Å². The lowest BCUT2D eigenvalue weighted by molar-refractivity contribution is 0.295. The number of hydrogen-bond acceptors (Lipinski definition) is 3. The number of aromatic nitrogens is 1. The molecule has 1 aliphatic rings. The average Bonchev–Trinajstić information content (AvgIpc) is 2.41. The van der Waals surface area contributed by atoms with Crippen LogP contribution < -0.4 is 10.2 Å². The molecule has 1 N–H and O–H groups in total. The van der Waals surface area contributed by atoms with Gasteiger partial charge in [0.2, 0.25) is 0 Å². The van der Waals surface area contributed by atoms with Gasteiger partial charge >= 0.3 is 0 Å². The van der Waals surface area contributed by atoms with Gasteiger partial charge in [0.15, 0.2) is 0 Å². The minimum Gasteiger partial charge on any atom is -0.353 e. The first kappa shape index (κ1) is 15.3. The highest BCUT2D eigenvalue weighted by molar-refractivity contribution is 5.43. The highest BCUT2D eigenvalue weighted by atomic mass is 15.2. The molecule has 1 aliphatic heterocycles. The molecule has 20 heavy (non-hydrogen) atoms. The Labute approximate surface area is 123 Å². The monoisotopic (exact) mass is 275 g/mol. The molecule has 0 radical (unpaired) electrons. The molecule has 0 bridgehead atoms. The SMILES string of the molecule is CCNCc1ccc(N2CC(C)CC(C)C2C)nc1C. The molecule has 1 aromatic heterocycles. The molecular weight excluding hydrogens is 246 g/mol. The van der Waals surface area contributed by atoms with Crippen LogP contribution in [0.25, 0.3) is 0 Å². The normalized spacial score (nSPS) is 26.9. The van der Waals surface area contributed by atoms with Crippen molar-refractivity contribution in [3.05, 3.63) is 23.4 Å². The van der Waals surface area contributed by atoms with Gasteiger partial charge in [-0.2, -0.15) is 0 Å². The van der Waals surface area contributed by atoms with Crippen molar-refractivity contribution in [2.45, 2.75) is 53.6 Å². The van der Waals surface area contributed by atoms with Crippen molar-refractivity contribution in [2.24, 2.45) is 11.8 Å². The van der Waals surface area contributed by atoms with Gasteiger partial charge in [0.25, 0.3) is 0 Å². The molecule has 112 valence electrons. The lowest BCUT2D eigenvalue weighted by atomic mass is 9.86. The van der Waals surface area contributed by atoms with Gasteiger partial charge in [0, 0.05) is 24.8 Å². The van der Waals surface area contributed by atoms with Crippen molar-refractivity contribution in [1.29, 1.82) is 0 Å². The minimum absolute atomic E-state index is 0.581. The summed E-state index contributed by atoms with van der Waals surface area (Å²) in [5, 5.41) is 3.37. The molecule has 1 saturated heterocycles. The molecule has 3 heteroatoms. The number of rotatable bonds is 4. The molecule has 3 unspecified atom stereocenters. The smallest absolute Gasteiger partial charge is 0.129 e. The number of hydrogen-bond donors (Lipinski definition) is 1. The van der Waals surface area contributed by atoms with Crippen LogP contribution >= 0.6 is 0 Å². The van der Waals surface area contributed by atoms with E-state index in [1.54, 1.807) is 0 Å². The van der Waals surface area contributed by atoms with Gasteiger partial charge < -0.3 is 10.2 Å². The van der Waals surface area contributed by atoms with Crippen molar-refractivity contribution in [2.75, 3.05) is 18.0 Å². The fourth-order valence-corrected chi connectivity index (χ4v) is 3.20. The lowest BCUT2D eigenvalue weighted by Gasteiger charge is -2.42. The Morgan fingerprint density at radius 1 is 1.30 bits per heavy atom. The highest BCUT2D eigenvalue weighted by Gasteiger charge is 2.29. The number of aryl methyl sites for hydroxylation is 1. The maximum Gasteiger partial charge on any atom is 0.129 e. The highest BCUT2D eigenvalue weighted by Crippen LogP contribution is 2.30. The van der Waals surface area contributed by atoms with Crippen LogP contribution in [0.15, 0.2) is 12.1 Å². The van der Waals surface area contributed by atoms with Gasteiger partial charge in [-0.3, -0.25) is 0 Å². The van der Waals surface area contributed by atoms with Crippen molar-refractivity contribution < 1.29 is 0 Å². The predicted molar refractivity (Wildman–Crippen MR) is 86.1 cm³/mol. The predicted octanol–water partition coefficient (Wildman–Crippen LogP) is 3.37. The number of pyridine rings is 1. The van der Waals surface area contributed by atoms with E-state index in [4.69, 9.17) is 4.98 Å². The van der Waals surface area contributed by atoms with E-state index in [9.17, 15) is 0 Å². The van der Waals surface area contributed by atoms with Crippen LogP contribution in [0.3, 0.4) is 0 Å². The molecule has 0 aliphatic carbocycles. The summed E-state index contributed by atoms with van der Waals surface area (Å²) in [4.78, 5) is 7.34.